The van der Waals surface area contributed by atoms with Gasteiger partial charge in [-0.1, -0.05) is 6.07 Å². The summed E-state index contributed by atoms with van der Waals surface area (Å²) in [5.41, 5.74) is 5.22. The van der Waals surface area contributed by atoms with Gasteiger partial charge >= 0.3 is 0 Å². The molecule has 3 N–H and O–H groups in total. The summed E-state index contributed by atoms with van der Waals surface area (Å²) in [5.74, 6) is -0.724. The van der Waals surface area contributed by atoms with Gasteiger partial charge in [-0.05, 0) is 12.1 Å². The van der Waals surface area contributed by atoms with E-state index in [1.54, 1.807) is 24.5 Å². The van der Waals surface area contributed by atoms with Crippen LogP contribution in [0.1, 0.15) is 10.4 Å². The van der Waals surface area contributed by atoms with Crippen molar-refractivity contribution in [2.24, 2.45) is 5.73 Å². The number of phenols is 1. The lowest BCUT2D eigenvalue weighted by Crippen LogP contribution is -2.10. The Morgan fingerprint density at radius 2 is 2.14 bits per heavy atom. The van der Waals surface area contributed by atoms with Gasteiger partial charge in [-0.25, -0.2) is 0 Å². The van der Waals surface area contributed by atoms with Gasteiger partial charge in [0.25, 0.3) is 5.91 Å². The van der Waals surface area contributed by atoms with Crippen molar-refractivity contribution >= 4 is 16.7 Å². The Bertz CT molecular complexity index is 508. The normalized spacial score (nSPS) is 10.3. The number of hydrogen-bond donors (Lipinski definition) is 2. The minimum Gasteiger partial charge on any atom is -0.506 e. The Kier molecular flexibility index (Phi) is 1.81. The Hall–Kier alpha value is -2.10. The topological polar surface area (TPSA) is 76.2 Å². The van der Waals surface area contributed by atoms with E-state index < -0.39 is 5.91 Å². The number of carbonyl (C=O) groups excluding carboxylic acids is 1. The average molecular weight is 188 g/mol. The molecule has 70 valence electrons. The van der Waals surface area contributed by atoms with Gasteiger partial charge in [0, 0.05) is 23.2 Å². The van der Waals surface area contributed by atoms with Gasteiger partial charge in [-0.3, -0.25) is 9.78 Å². The van der Waals surface area contributed by atoms with Crippen LogP contribution >= 0.6 is 0 Å². The molecule has 0 fully saturated rings. The maximum atomic E-state index is 10.9. The van der Waals surface area contributed by atoms with Gasteiger partial charge in [0.15, 0.2) is 0 Å². The van der Waals surface area contributed by atoms with Gasteiger partial charge in [0.05, 0.1) is 5.56 Å². The van der Waals surface area contributed by atoms with Crippen LogP contribution < -0.4 is 5.73 Å². The molecule has 0 atom stereocenters. The molecule has 0 saturated carbocycles. The van der Waals surface area contributed by atoms with E-state index in [1.165, 1.54) is 6.07 Å². The minimum absolute atomic E-state index is 0.0857. The van der Waals surface area contributed by atoms with Crippen molar-refractivity contribution in [3.05, 3.63) is 36.2 Å². The average Bonchev–Trinajstić information content (AvgIpc) is 2.18. The monoisotopic (exact) mass is 188 g/mol. The highest BCUT2D eigenvalue weighted by Gasteiger charge is 2.09. The largest absolute Gasteiger partial charge is 0.506 e. The first kappa shape index (κ1) is 8.50. The molecule has 1 amide bonds. The summed E-state index contributed by atoms with van der Waals surface area (Å²) in [6.45, 7) is 0. The molecule has 2 rings (SSSR count). The lowest BCUT2D eigenvalue weighted by atomic mass is 10.1. The van der Waals surface area contributed by atoms with Gasteiger partial charge in [0.1, 0.15) is 5.75 Å². The van der Waals surface area contributed by atoms with Crippen molar-refractivity contribution in [2.75, 3.05) is 0 Å². The van der Waals surface area contributed by atoms with Gasteiger partial charge in [0.2, 0.25) is 0 Å². The van der Waals surface area contributed by atoms with Crippen LogP contribution in [0.15, 0.2) is 30.6 Å². The number of pyridine rings is 1. The van der Waals surface area contributed by atoms with Gasteiger partial charge in [-0.2, -0.15) is 0 Å². The van der Waals surface area contributed by atoms with E-state index in [4.69, 9.17) is 5.73 Å². The molecule has 0 aliphatic heterocycles. The second-order valence-corrected chi connectivity index (χ2v) is 2.92. The molecular formula is C10H8N2O2. The Morgan fingerprint density at radius 1 is 1.36 bits per heavy atom. The van der Waals surface area contributed by atoms with Crippen molar-refractivity contribution in [3.8, 4) is 5.75 Å². The predicted octanol–water partition coefficient (Wildman–Crippen LogP) is 1.04. The van der Waals surface area contributed by atoms with Crippen LogP contribution in [0.5, 0.6) is 5.75 Å². The number of nitrogens with two attached hydrogens (primary N) is 1. The van der Waals surface area contributed by atoms with Crippen LogP contribution in [0.3, 0.4) is 0 Å². The van der Waals surface area contributed by atoms with Gasteiger partial charge in [-0.15, -0.1) is 0 Å². The molecular weight excluding hydrogens is 180 g/mol. The summed E-state index contributed by atoms with van der Waals surface area (Å²) in [7, 11) is 0. The van der Waals surface area contributed by atoms with Gasteiger partial charge < -0.3 is 10.8 Å². The predicted molar refractivity (Wildman–Crippen MR) is 51.9 cm³/mol. The number of primary amides is 1. The first-order chi connectivity index (χ1) is 6.70. The fourth-order valence-corrected chi connectivity index (χ4v) is 1.35. The summed E-state index contributed by atoms with van der Waals surface area (Å²) < 4.78 is 0. The highest BCUT2D eigenvalue weighted by molar-refractivity contribution is 6.02. The summed E-state index contributed by atoms with van der Waals surface area (Å²) in [6, 6.07) is 4.82. The molecule has 0 spiro atoms. The first-order valence-corrected chi connectivity index (χ1v) is 4.05. The van der Waals surface area contributed by atoms with Crippen molar-refractivity contribution in [1.82, 2.24) is 4.98 Å². The number of amides is 1. The van der Waals surface area contributed by atoms with E-state index in [9.17, 15) is 9.90 Å². The molecule has 0 saturated heterocycles. The highest BCUT2D eigenvalue weighted by atomic mass is 16.3. The molecule has 2 aromatic rings. The molecule has 0 radical (unpaired) electrons. The van der Waals surface area contributed by atoms with E-state index in [0.29, 0.717) is 5.39 Å². The molecule has 4 heteroatoms. The molecule has 0 bridgehead atoms. The standard InChI is InChI=1S/C10H8N2O2/c11-10(14)8-2-1-6-5-12-4-3-7(6)9(8)13/h1-5,13H,(H2,11,14). The molecule has 0 unspecified atom stereocenters. The maximum absolute atomic E-state index is 10.9. The second-order valence-electron chi connectivity index (χ2n) is 2.92. The van der Waals surface area contributed by atoms with Crippen LogP contribution in [0.25, 0.3) is 10.8 Å². The number of aromatic nitrogens is 1. The van der Waals surface area contributed by atoms with E-state index in [2.05, 4.69) is 4.98 Å². The second kappa shape index (κ2) is 2.99. The molecule has 0 aliphatic rings. The third kappa shape index (κ3) is 1.17. The summed E-state index contributed by atoms with van der Waals surface area (Å²) in [5, 5.41) is 11.0. The fraction of sp³-hybridized carbons (Fsp3) is 0. The maximum Gasteiger partial charge on any atom is 0.252 e. The summed E-state index contributed by atoms with van der Waals surface area (Å²) in [4.78, 5) is 14.8. The van der Waals surface area contributed by atoms with Crippen molar-refractivity contribution in [3.63, 3.8) is 0 Å². The highest BCUT2D eigenvalue weighted by Crippen LogP contribution is 2.27. The molecule has 4 nitrogen and oxygen atoms in total. The molecule has 1 aromatic carbocycles. The Morgan fingerprint density at radius 3 is 2.86 bits per heavy atom. The number of benzene rings is 1. The minimum atomic E-state index is -0.638. The number of rotatable bonds is 1. The zero-order valence-corrected chi connectivity index (χ0v) is 7.27. The van der Waals surface area contributed by atoms with E-state index in [1.807, 2.05) is 0 Å². The third-order valence-corrected chi connectivity index (χ3v) is 2.06. The zero-order chi connectivity index (χ0) is 10.1. The number of nitrogens with zero attached hydrogens (tertiary/aromatic N) is 1. The van der Waals surface area contributed by atoms with E-state index in [0.717, 1.165) is 5.39 Å². The van der Waals surface area contributed by atoms with Crippen molar-refractivity contribution < 1.29 is 9.90 Å². The number of fused-ring (bicyclic) bond motifs is 1. The quantitative estimate of drug-likeness (QED) is 0.701. The Labute approximate surface area is 80.0 Å². The third-order valence-electron chi connectivity index (χ3n) is 2.06. The van der Waals surface area contributed by atoms with Crippen LogP contribution in [0.2, 0.25) is 0 Å². The van der Waals surface area contributed by atoms with E-state index >= 15 is 0 Å². The summed E-state index contributed by atoms with van der Waals surface area (Å²) in [6.07, 6.45) is 3.16. The van der Waals surface area contributed by atoms with Crippen LogP contribution in [-0.4, -0.2) is 16.0 Å². The summed E-state index contributed by atoms with van der Waals surface area (Å²) >= 11 is 0. The number of hydrogen-bond acceptors (Lipinski definition) is 3. The molecule has 1 heterocycles. The molecule has 14 heavy (non-hydrogen) atoms. The lowest BCUT2D eigenvalue weighted by molar-refractivity contribution is 0.0998. The first-order valence-electron chi connectivity index (χ1n) is 4.05. The zero-order valence-electron chi connectivity index (χ0n) is 7.27. The molecule has 0 aliphatic carbocycles. The molecule has 1 aromatic heterocycles. The number of carbonyl (C=O) groups is 1. The smallest absolute Gasteiger partial charge is 0.252 e. The lowest BCUT2D eigenvalue weighted by Gasteiger charge is -2.03. The van der Waals surface area contributed by atoms with Crippen molar-refractivity contribution in [1.29, 1.82) is 0 Å². The number of aromatic hydroxyl groups is 1. The van der Waals surface area contributed by atoms with Crippen LogP contribution in [0, 0.1) is 0 Å². The van der Waals surface area contributed by atoms with Crippen LogP contribution in [0.4, 0.5) is 0 Å². The van der Waals surface area contributed by atoms with Crippen molar-refractivity contribution in [2.45, 2.75) is 0 Å². The fourth-order valence-electron chi connectivity index (χ4n) is 1.35. The SMILES string of the molecule is NC(=O)c1ccc2cnccc2c1O. The Balaban J connectivity index is 2.81. The van der Waals surface area contributed by atoms with Crippen LogP contribution in [-0.2, 0) is 0 Å². The van der Waals surface area contributed by atoms with E-state index in [-0.39, 0.29) is 11.3 Å².